The Hall–Kier alpha value is -2.54. The molecule has 0 radical (unpaired) electrons. The lowest BCUT2D eigenvalue weighted by Gasteiger charge is -2.35. The number of nitrogens with one attached hydrogen (secondary N) is 1. The Morgan fingerprint density at radius 1 is 1.16 bits per heavy atom. The molecule has 1 saturated heterocycles. The molecule has 1 N–H and O–H groups in total. The predicted molar refractivity (Wildman–Crippen MR) is 90.9 cm³/mol. The van der Waals surface area contributed by atoms with Crippen molar-refractivity contribution in [3.63, 3.8) is 0 Å². The number of ether oxygens (including phenoxy) is 2. The predicted octanol–water partition coefficient (Wildman–Crippen LogP) is 1.94. The first kappa shape index (κ1) is 16.0. The van der Waals surface area contributed by atoms with Crippen LogP contribution >= 0.6 is 0 Å². The van der Waals surface area contributed by atoms with Gasteiger partial charge in [0.15, 0.2) is 29.3 Å². The van der Waals surface area contributed by atoms with Gasteiger partial charge in [-0.1, -0.05) is 0 Å². The molecule has 7 nitrogen and oxygen atoms in total. The van der Waals surface area contributed by atoms with Gasteiger partial charge in [0, 0.05) is 30.7 Å². The monoisotopic (exact) mass is 343 g/mol. The van der Waals surface area contributed by atoms with E-state index in [4.69, 9.17) is 13.9 Å². The lowest BCUT2D eigenvalue weighted by molar-refractivity contribution is 0.0669. The summed E-state index contributed by atoms with van der Waals surface area (Å²) in [5.41, 5.74) is 1.08. The second kappa shape index (κ2) is 6.40. The Kier molecular flexibility index (Phi) is 4.09. The van der Waals surface area contributed by atoms with E-state index in [9.17, 15) is 4.79 Å². The molecule has 1 fully saturated rings. The van der Waals surface area contributed by atoms with E-state index in [0.717, 1.165) is 5.56 Å². The Morgan fingerprint density at radius 2 is 1.88 bits per heavy atom. The van der Waals surface area contributed by atoms with Gasteiger partial charge in [0.1, 0.15) is 13.2 Å². The molecule has 132 valence electrons. The number of rotatable bonds is 2. The lowest BCUT2D eigenvalue weighted by atomic mass is 10.1. The maximum atomic E-state index is 13.0. The van der Waals surface area contributed by atoms with Crippen LogP contribution in [0.3, 0.4) is 0 Å². The van der Waals surface area contributed by atoms with E-state index in [1.165, 1.54) is 6.39 Å². The van der Waals surface area contributed by atoms with E-state index < -0.39 is 0 Å². The fourth-order valence-electron chi connectivity index (χ4n) is 3.43. The molecule has 4 rings (SSSR count). The summed E-state index contributed by atoms with van der Waals surface area (Å²) in [4.78, 5) is 19.0. The first-order valence-corrected chi connectivity index (χ1v) is 8.50. The molecule has 0 saturated carbocycles. The minimum absolute atomic E-state index is 0.112. The fourth-order valence-corrected chi connectivity index (χ4v) is 3.43. The Balaban J connectivity index is 1.63. The van der Waals surface area contributed by atoms with E-state index in [1.54, 1.807) is 0 Å². The number of nitrogens with zero attached hydrogens (tertiary/aromatic N) is 2. The molecular weight excluding hydrogens is 322 g/mol. The number of hydrogen-bond donors (Lipinski definition) is 1. The van der Waals surface area contributed by atoms with Gasteiger partial charge in [0.25, 0.3) is 5.91 Å². The molecule has 0 unspecified atom stereocenters. The van der Waals surface area contributed by atoms with Crippen LogP contribution in [0.4, 0.5) is 0 Å². The molecule has 1 aromatic heterocycles. The second-order valence-electron chi connectivity index (χ2n) is 6.57. The average molecular weight is 343 g/mol. The quantitative estimate of drug-likeness (QED) is 0.898. The van der Waals surface area contributed by atoms with Crippen LogP contribution < -0.4 is 14.8 Å². The van der Waals surface area contributed by atoms with Crippen LogP contribution in [0.5, 0.6) is 11.5 Å². The third-order valence-corrected chi connectivity index (χ3v) is 4.42. The summed E-state index contributed by atoms with van der Waals surface area (Å²) < 4.78 is 16.7. The largest absolute Gasteiger partial charge is 0.486 e. The zero-order valence-corrected chi connectivity index (χ0v) is 14.3. The van der Waals surface area contributed by atoms with E-state index in [0.29, 0.717) is 49.3 Å². The molecule has 2 atom stereocenters. The molecule has 2 aromatic rings. The molecule has 7 heteroatoms. The highest BCUT2D eigenvalue weighted by molar-refractivity contribution is 5.97. The third kappa shape index (κ3) is 3.07. The highest BCUT2D eigenvalue weighted by atomic mass is 16.6. The fraction of sp³-hybridized carbons (Fsp3) is 0.444. The molecule has 0 aliphatic carbocycles. The maximum Gasteiger partial charge on any atom is 0.276 e. The van der Waals surface area contributed by atoms with Crippen molar-refractivity contribution in [3.05, 3.63) is 30.3 Å². The van der Waals surface area contributed by atoms with E-state index >= 15 is 0 Å². The van der Waals surface area contributed by atoms with Crippen molar-refractivity contribution in [2.24, 2.45) is 0 Å². The van der Waals surface area contributed by atoms with Gasteiger partial charge in [-0.05, 0) is 32.0 Å². The van der Waals surface area contributed by atoms with E-state index in [2.05, 4.69) is 24.1 Å². The van der Waals surface area contributed by atoms with Gasteiger partial charge < -0.3 is 24.1 Å². The number of piperazine rings is 1. The molecule has 25 heavy (non-hydrogen) atoms. The van der Waals surface area contributed by atoms with E-state index in [-0.39, 0.29) is 18.0 Å². The number of amides is 1. The molecule has 0 bridgehead atoms. The van der Waals surface area contributed by atoms with Gasteiger partial charge in [-0.3, -0.25) is 4.79 Å². The average Bonchev–Trinajstić information content (AvgIpc) is 3.09. The normalized spacial score (nSPS) is 22.7. The third-order valence-electron chi connectivity index (χ3n) is 4.42. The highest BCUT2D eigenvalue weighted by Gasteiger charge is 2.29. The van der Waals surface area contributed by atoms with Crippen molar-refractivity contribution in [2.75, 3.05) is 26.3 Å². The number of oxazole rings is 1. The van der Waals surface area contributed by atoms with Crippen LogP contribution in [0.1, 0.15) is 24.3 Å². The Labute approximate surface area is 145 Å². The minimum Gasteiger partial charge on any atom is -0.486 e. The van der Waals surface area contributed by atoms with Gasteiger partial charge in [-0.2, -0.15) is 0 Å². The van der Waals surface area contributed by atoms with Crippen LogP contribution in [0.2, 0.25) is 0 Å². The summed E-state index contributed by atoms with van der Waals surface area (Å²) in [5, 5.41) is 3.42. The van der Waals surface area contributed by atoms with Gasteiger partial charge in [-0.15, -0.1) is 0 Å². The number of hydrogen-bond acceptors (Lipinski definition) is 6. The summed E-state index contributed by atoms with van der Waals surface area (Å²) in [6.45, 7) is 6.49. The zero-order valence-electron chi connectivity index (χ0n) is 14.3. The van der Waals surface area contributed by atoms with E-state index in [1.807, 2.05) is 23.1 Å². The van der Waals surface area contributed by atoms with Crippen molar-refractivity contribution in [3.8, 4) is 22.8 Å². The van der Waals surface area contributed by atoms with Gasteiger partial charge in [0.2, 0.25) is 0 Å². The SMILES string of the molecule is C[C@@H]1CN(C(=O)c2ncoc2-c2ccc3c(c2)OCCO3)C[C@H](C)N1. The molecule has 1 amide bonds. The van der Waals surface area contributed by atoms with Crippen molar-refractivity contribution in [2.45, 2.75) is 25.9 Å². The van der Waals surface area contributed by atoms with Gasteiger partial charge in [0.05, 0.1) is 0 Å². The zero-order chi connectivity index (χ0) is 17.4. The summed E-state index contributed by atoms with van der Waals surface area (Å²) in [7, 11) is 0. The number of carbonyl (C=O) groups is 1. The summed E-state index contributed by atoms with van der Waals surface area (Å²) in [5.74, 6) is 1.70. The number of fused-ring (bicyclic) bond motifs is 1. The van der Waals surface area contributed by atoms with Gasteiger partial charge in [-0.25, -0.2) is 4.98 Å². The van der Waals surface area contributed by atoms with Crippen LogP contribution in [-0.4, -0.2) is 54.2 Å². The highest BCUT2D eigenvalue weighted by Crippen LogP contribution is 2.35. The molecule has 3 heterocycles. The van der Waals surface area contributed by atoms with Crippen molar-refractivity contribution in [1.82, 2.24) is 15.2 Å². The summed E-state index contributed by atoms with van der Waals surface area (Å²) >= 11 is 0. The minimum atomic E-state index is -0.112. The molecule has 1 aromatic carbocycles. The van der Waals surface area contributed by atoms with Crippen molar-refractivity contribution < 1.29 is 18.7 Å². The molecule has 2 aliphatic heterocycles. The summed E-state index contributed by atoms with van der Waals surface area (Å²) in [6.07, 6.45) is 1.31. The smallest absolute Gasteiger partial charge is 0.276 e. The number of carbonyl (C=O) groups excluding carboxylic acids is 1. The number of benzene rings is 1. The van der Waals surface area contributed by atoms with Gasteiger partial charge >= 0.3 is 0 Å². The first-order valence-electron chi connectivity index (χ1n) is 8.50. The number of aromatic nitrogens is 1. The van der Waals surface area contributed by atoms with Crippen LogP contribution in [0, 0.1) is 0 Å². The standard InChI is InChI=1S/C18H21N3O4/c1-11-8-21(9-12(2)20-11)18(22)16-17(25-10-19-16)13-3-4-14-15(7-13)24-6-5-23-14/h3-4,7,10-12,20H,5-6,8-9H2,1-2H3/t11-,12+. The topological polar surface area (TPSA) is 76.8 Å². The Morgan fingerprint density at radius 3 is 2.64 bits per heavy atom. The van der Waals surface area contributed by atoms with Crippen LogP contribution in [0.15, 0.2) is 29.0 Å². The van der Waals surface area contributed by atoms with Crippen molar-refractivity contribution >= 4 is 5.91 Å². The van der Waals surface area contributed by atoms with Crippen LogP contribution in [0.25, 0.3) is 11.3 Å². The second-order valence-corrected chi connectivity index (χ2v) is 6.57. The maximum absolute atomic E-state index is 13.0. The van der Waals surface area contributed by atoms with Crippen LogP contribution in [-0.2, 0) is 0 Å². The molecule has 0 spiro atoms. The molecular formula is C18H21N3O4. The Bertz CT molecular complexity index is 778. The molecule has 2 aliphatic rings. The lowest BCUT2D eigenvalue weighted by Crippen LogP contribution is -2.55. The van der Waals surface area contributed by atoms with Crippen molar-refractivity contribution in [1.29, 1.82) is 0 Å². The summed E-state index contributed by atoms with van der Waals surface area (Å²) in [6, 6.07) is 6.01. The first-order chi connectivity index (χ1) is 12.1.